The summed E-state index contributed by atoms with van der Waals surface area (Å²) in [7, 11) is 0. The first kappa shape index (κ1) is 10.8. The molecule has 1 amide bonds. The monoisotopic (exact) mass is 323 g/mol. The number of thiocarbonyl (C=S) groups is 1. The van der Waals surface area contributed by atoms with E-state index in [1.54, 1.807) is 18.2 Å². The molecule has 0 radical (unpaired) electrons. The van der Waals surface area contributed by atoms with Crippen molar-refractivity contribution in [2.45, 2.75) is 0 Å². The van der Waals surface area contributed by atoms with E-state index in [-0.39, 0.29) is 0 Å². The zero-order valence-corrected chi connectivity index (χ0v) is 9.98. The number of hydrogen-bond donors (Lipinski definition) is 0. The summed E-state index contributed by atoms with van der Waals surface area (Å²) in [6.07, 6.45) is 0. The predicted molar refractivity (Wildman–Crippen MR) is 63.5 cm³/mol. The smallest absolute Gasteiger partial charge is 0.266 e. The number of benzene rings is 1. The van der Waals surface area contributed by atoms with Crippen LogP contribution in [0.1, 0.15) is 10.4 Å². The lowest BCUT2D eigenvalue weighted by Gasteiger charge is -1.97. The first-order chi connectivity index (χ1) is 6.15. The van der Waals surface area contributed by atoms with Crippen molar-refractivity contribution in [3.8, 4) is 0 Å². The normalized spacial score (nSPS) is 9.08. The Morgan fingerprint density at radius 3 is 2.85 bits per heavy atom. The van der Waals surface area contributed by atoms with E-state index in [1.807, 2.05) is 5.16 Å². The number of aliphatic imine (C=N–C) groups is 1. The lowest BCUT2D eigenvalue weighted by Crippen LogP contribution is -1.94. The number of nitrogens with zero attached hydrogens (tertiary/aromatic N) is 1. The molecule has 1 aromatic carbocycles. The van der Waals surface area contributed by atoms with E-state index >= 15 is 0 Å². The van der Waals surface area contributed by atoms with Crippen molar-refractivity contribution in [2.75, 3.05) is 0 Å². The summed E-state index contributed by atoms with van der Waals surface area (Å²) in [4.78, 5) is 14.5. The molecule has 1 aromatic rings. The first-order valence-corrected chi connectivity index (χ1v) is 5.09. The molecule has 13 heavy (non-hydrogen) atoms. The summed E-state index contributed by atoms with van der Waals surface area (Å²) >= 11 is 12.2. The molecule has 0 unspecified atom stereocenters. The summed E-state index contributed by atoms with van der Waals surface area (Å²) < 4.78 is 0.891. The standard InChI is InChI=1S/C8H3ClINOS/c9-6-3-5(1-2-7(6)10)8(12)11-4-13/h1-3H. The van der Waals surface area contributed by atoms with Crippen LogP contribution < -0.4 is 0 Å². The first-order valence-electron chi connectivity index (χ1n) is 3.22. The summed E-state index contributed by atoms with van der Waals surface area (Å²) in [5.74, 6) is -0.423. The van der Waals surface area contributed by atoms with Gasteiger partial charge in [-0.15, -0.1) is 0 Å². The number of isothiocyanates is 1. The number of amides is 1. The van der Waals surface area contributed by atoms with Gasteiger partial charge in [0.1, 0.15) is 0 Å². The summed E-state index contributed by atoms with van der Waals surface area (Å²) in [5, 5.41) is 2.55. The zero-order valence-electron chi connectivity index (χ0n) is 6.25. The average molecular weight is 324 g/mol. The van der Waals surface area contributed by atoms with Gasteiger partial charge in [0.2, 0.25) is 0 Å². The molecular formula is C8H3ClINOS. The molecule has 0 spiro atoms. The second-order valence-electron chi connectivity index (χ2n) is 2.14. The Kier molecular flexibility index (Phi) is 3.99. The molecule has 0 saturated carbocycles. The Labute approximate surface area is 99.1 Å². The number of halogens is 2. The average Bonchev–Trinajstić information content (AvgIpc) is 2.10. The Morgan fingerprint density at radius 1 is 1.62 bits per heavy atom. The third kappa shape index (κ3) is 2.84. The van der Waals surface area contributed by atoms with Crippen LogP contribution in [0.15, 0.2) is 23.2 Å². The van der Waals surface area contributed by atoms with Crippen LogP contribution in [0.3, 0.4) is 0 Å². The highest BCUT2D eigenvalue weighted by molar-refractivity contribution is 14.1. The topological polar surface area (TPSA) is 29.4 Å². The van der Waals surface area contributed by atoms with Crippen LogP contribution in [0.2, 0.25) is 5.02 Å². The van der Waals surface area contributed by atoms with Gasteiger partial charge in [-0.3, -0.25) is 4.79 Å². The Bertz CT molecular complexity index is 401. The van der Waals surface area contributed by atoms with Crippen molar-refractivity contribution in [2.24, 2.45) is 4.99 Å². The molecule has 66 valence electrons. The van der Waals surface area contributed by atoms with E-state index in [1.165, 1.54) is 0 Å². The maximum absolute atomic E-state index is 11.2. The van der Waals surface area contributed by atoms with Gasteiger partial charge in [0.05, 0.1) is 10.2 Å². The molecule has 0 N–H and O–H groups in total. The molecule has 0 aromatic heterocycles. The van der Waals surface area contributed by atoms with E-state index in [0.717, 1.165) is 3.57 Å². The van der Waals surface area contributed by atoms with Crippen molar-refractivity contribution >= 4 is 57.5 Å². The number of carbonyl (C=O) groups excluding carboxylic acids is 1. The lowest BCUT2D eigenvalue weighted by atomic mass is 10.2. The van der Waals surface area contributed by atoms with Crippen molar-refractivity contribution in [3.63, 3.8) is 0 Å². The largest absolute Gasteiger partial charge is 0.285 e. The van der Waals surface area contributed by atoms with Crippen LogP contribution in [-0.4, -0.2) is 11.1 Å². The van der Waals surface area contributed by atoms with Crippen molar-refractivity contribution in [3.05, 3.63) is 32.4 Å². The molecule has 0 saturated heterocycles. The second-order valence-corrected chi connectivity index (χ2v) is 3.89. The van der Waals surface area contributed by atoms with E-state index in [0.29, 0.717) is 10.6 Å². The summed E-state index contributed by atoms with van der Waals surface area (Å²) in [6.45, 7) is 0. The molecule has 0 aliphatic heterocycles. The quantitative estimate of drug-likeness (QED) is 0.451. The fourth-order valence-corrected chi connectivity index (χ4v) is 1.33. The van der Waals surface area contributed by atoms with Gasteiger partial charge in [0, 0.05) is 9.13 Å². The van der Waals surface area contributed by atoms with Crippen LogP contribution in [0.4, 0.5) is 0 Å². The van der Waals surface area contributed by atoms with E-state index in [9.17, 15) is 4.79 Å². The minimum atomic E-state index is -0.423. The summed E-state index contributed by atoms with van der Waals surface area (Å²) in [6, 6.07) is 4.95. The van der Waals surface area contributed by atoms with E-state index in [4.69, 9.17) is 11.6 Å². The van der Waals surface area contributed by atoms with Crippen LogP contribution in [0, 0.1) is 3.57 Å². The van der Waals surface area contributed by atoms with Gasteiger partial charge < -0.3 is 0 Å². The Hall–Kier alpha value is -0.290. The van der Waals surface area contributed by atoms with Gasteiger partial charge in [-0.05, 0) is 53.0 Å². The van der Waals surface area contributed by atoms with Gasteiger partial charge in [0.15, 0.2) is 0 Å². The third-order valence-electron chi connectivity index (χ3n) is 1.31. The van der Waals surface area contributed by atoms with Crippen molar-refractivity contribution in [1.82, 2.24) is 0 Å². The lowest BCUT2D eigenvalue weighted by molar-refractivity contribution is 0.100. The minimum Gasteiger partial charge on any atom is -0.266 e. The Balaban J connectivity index is 3.10. The number of carbonyl (C=O) groups is 1. The number of hydrogen-bond acceptors (Lipinski definition) is 2. The fourth-order valence-electron chi connectivity index (χ4n) is 0.735. The molecule has 5 heteroatoms. The second kappa shape index (κ2) is 4.81. The minimum absolute atomic E-state index is 0.419. The molecular weight excluding hydrogens is 321 g/mol. The number of rotatable bonds is 1. The van der Waals surface area contributed by atoms with Gasteiger partial charge in [-0.1, -0.05) is 11.6 Å². The predicted octanol–water partition coefficient (Wildman–Crippen LogP) is 3.19. The highest BCUT2D eigenvalue weighted by atomic mass is 127. The van der Waals surface area contributed by atoms with Crippen LogP contribution in [0.25, 0.3) is 0 Å². The molecule has 0 atom stereocenters. The highest BCUT2D eigenvalue weighted by Gasteiger charge is 2.05. The highest BCUT2D eigenvalue weighted by Crippen LogP contribution is 2.19. The Morgan fingerprint density at radius 2 is 2.31 bits per heavy atom. The fraction of sp³-hybridized carbons (Fsp3) is 0. The van der Waals surface area contributed by atoms with E-state index in [2.05, 4.69) is 39.8 Å². The van der Waals surface area contributed by atoms with Crippen molar-refractivity contribution in [1.29, 1.82) is 0 Å². The summed E-state index contributed by atoms with van der Waals surface area (Å²) in [5.41, 5.74) is 0.419. The molecule has 2 nitrogen and oxygen atoms in total. The van der Waals surface area contributed by atoms with Gasteiger partial charge >= 0.3 is 0 Å². The zero-order chi connectivity index (χ0) is 9.84. The van der Waals surface area contributed by atoms with E-state index < -0.39 is 5.91 Å². The molecule has 0 heterocycles. The van der Waals surface area contributed by atoms with Crippen LogP contribution in [0.5, 0.6) is 0 Å². The molecule has 0 fully saturated rings. The third-order valence-corrected chi connectivity index (χ3v) is 2.98. The van der Waals surface area contributed by atoms with Gasteiger partial charge in [0.25, 0.3) is 5.91 Å². The molecule has 0 bridgehead atoms. The maximum atomic E-state index is 11.2. The van der Waals surface area contributed by atoms with Gasteiger partial charge in [-0.25, -0.2) is 0 Å². The SMILES string of the molecule is O=C(N=C=S)c1ccc(I)c(Cl)c1. The van der Waals surface area contributed by atoms with Crippen LogP contribution >= 0.6 is 46.4 Å². The van der Waals surface area contributed by atoms with Crippen molar-refractivity contribution < 1.29 is 4.79 Å². The maximum Gasteiger partial charge on any atom is 0.285 e. The van der Waals surface area contributed by atoms with Crippen LogP contribution in [-0.2, 0) is 0 Å². The molecule has 0 aliphatic carbocycles. The van der Waals surface area contributed by atoms with Gasteiger partial charge in [-0.2, -0.15) is 4.99 Å². The molecule has 0 aliphatic rings. The molecule has 1 rings (SSSR count).